The van der Waals surface area contributed by atoms with Gasteiger partial charge in [-0.2, -0.15) is 0 Å². The topological polar surface area (TPSA) is 3.24 Å². The minimum Gasteiger partial charge on any atom is -0.310 e. The zero-order valence-corrected chi connectivity index (χ0v) is 27.1. The molecule has 0 saturated carbocycles. The number of anilines is 3. The molecule has 10 rings (SSSR count). The van der Waals surface area contributed by atoms with Crippen molar-refractivity contribution in [2.24, 2.45) is 0 Å². The van der Waals surface area contributed by atoms with Crippen LogP contribution >= 0.6 is 11.3 Å². The molecule has 0 N–H and O–H groups in total. The average Bonchev–Trinajstić information content (AvgIpc) is 3.60. The third kappa shape index (κ3) is 3.83. The van der Waals surface area contributed by atoms with E-state index in [1.165, 1.54) is 86.1 Å². The molecule has 1 nitrogen and oxygen atoms in total. The average molecular weight is 618 g/mol. The van der Waals surface area contributed by atoms with E-state index in [-0.39, 0.29) is 5.41 Å². The van der Waals surface area contributed by atoms with Crippen molar-refractivity contribution in [3.8, 4) is 11.1 Å². The van der Waals surface area contributed by atoms with Crippen LogP contribution in [-0.2, 0) is 5.41 Å². The molecule has 0 aliphatic heterocycles. The molecule has 2 heteroatoms. The van der Waals surface area contributed by atoms with Gasteiger partial charge in [0.25, 0.3) is 0 Å². The van der Waals surface area contributed by atoms with Gasteiger partial charge in [-0.05, 0) is 74.0 Å². The van der Waals surface area contributed by atoms with Crippen molar-refractivity contribution >= 4 is 80.9 Å². The van der Waals surface area contributed by atoms with Gasteiger partial charge in [0, 0.05) is 47.9 Å². The molecule has 0 atom stereocenters. The van der Waals surface area contributed by atoms with Crippen molar-refractivity contribution < 1.29 is 0 Å². The van der Waals surface area contributed by atoms with E-state index in [2.05, 4.69) is 170 Å². The van der Waals surface area contributed by atoms with E-state index in [1.54, 1.807) is 0 Å². The van der Waals surface area contributed by atoms with Gasteiger partial charge in [0.2, 0.25) is 0 Å². The Morgan fingerprint density at radius 2 is 1.15 bits per heavy atom. The van der Waals surface area contributed by atoms with E-state index in [1.807, 2.05) is 11.3 Å². The maximum Gasteiger partial charge on any atom is 0.0543 e. The summed E-state index contributed by atoms with van der Waals surface area (Å²) in [5.41, 5.74) is 8.90. The predicted molar refractivity (Wildman–Crippen MR) is 204 cm³/mol. The van der Waals surface area contributed by atoms with Crippen molar-refractivity contribution in [3.63, 3.8) is 0 Å². The minimum atomic E-state index is -0.0732. The fraction of sp³-hybridized carbons (Fsp3) is 0.0667. The van der Waals surface area contributed by atoms with Crippen LogP contribution in [0.25, 0.3) is 63.6 Å². The minimum absolute atomic E-state index is 0.0732. The molecule has 0 spiro atoms. The lowest BCUT2D eigenvalue weighted by Crippen LogP contribution is -2.16. The number of benzene rings is 8. The fourth-order valence-corrected chi connectivity index (χ4v) is 9.42. The Hall–Kier alpha value is -5.44. The summed E-state index contributed by atoms with van der Waals surface area (Å²) in [5.74, 6) is 0. The van der Waals surface area contributed by atoms with E-state index in [4.69, 9.17) is 0 Å². The van der Waals surface area contributed by atoms with Crippen molar-refractivity contribution in [2.45, 2.75) is 19.3 Å². The quantitative estimate of drug-likeness (QED) is 0.178. The normalized spacial score (nSPS) is 13.5. The largest absolute Gasteiger partial charge is 0.310 e. The molecule has 0 unspecified atom stereocenters. The fourth-order valence-electron chi connectivity index (χ4n) is 8.11. The first-order chi connectivity index (χ1) is 23.1. The molecule has 47 heavy (non-hydrogen) atoms. The molecule has 8 aromatic carbocycles. The van der Waals surface area contributed by atoms with E-state index < -0.39 is 0 Å². The molecule has 1 heterocycles. The molecule has 9 aromatic rings. The third-order valence-corrected chi connectivity index (χ3v) is 11.6. The van der Waals surface area contributed by atoms with Crippen LogP contribution < -0.4 is 4.90 Å². The zero-order chi connectivity index (χ0) is 31.3. The molecule has 1 aliphatic rings. The van der Waals surface area contributed by atoms with Crippen LogP contribution in [0.3, 0.4) is 0 Å². The standard InChI is InChI=1S/C45H31NS/c1-45(2)38-15-8-7-14-37(38)43-39(45)16-9-17-40(43)46(32-22-20-28-10-3-4-12-31(28)26-32)33-23-25-35-36-24-21-30-19-18-29-11-5-6-13-34(29)42(30)44(36)47-41(35)27-33/h3-27H,1-2H3. The van der Waals surface area contributed by atoms with Gasteiger partial charge < -0.3 is 4.90 Å². The highest BCUT2D eigenvalue weighted by Crippen LogP contribution is 2.54. The Morgan fingerprint density at radius 1 is 0.489 bits per heavy atom. The van der Waals surface area contributed by atoms with Gasteiger partial charge in [0.1, 0.15) is 0 Å². The molecule has 222 valence electrons. The Kier molecular flexibility index (Phi) is 5.57. The summed E-state index contributed by atoms with van der Waals surface area (Å²) in [6.07, 6.45) is 0. The Balaban J connectivity index is 1.25. The molecular formula is C45H31NS. The van der Waals surface area contributed by atoms with Gasteiger partial charge in [-0.25, -0.2) is 0 Å². The monoisotopic (exact) mass is 617 g/mol. The van der Waals surface area contributed by atoms with E-state index in [0.717, 1.165) is 5.69 Å². The van der Waals surface area contributed by atoms with Crippen LogP contribution in [0.1, 0.15) is 25.0 Å². The van der Waals surface area contributed by atoms with E-state index in [9.17, 15) is 0 Å². The zero-order valence-electron chi connectivity index (χ0n) is 26.3. The first kappa shape index (κ1) is 26.7. The first-order valence-electron chi connectivity index (χ1n) is 16.4. The lowest BCUT2D eigenvalue weighted by molar-refractivity contribution is 0.660. The van der Waals surface area contributed by atoms with Gasteiger partial charge in [-0.15, -0.1) is 11.3 Å². The molecule has 0 amide bonds. The highest BCUT2D eigenvalue weighted by Gasteiger charge is 2.37. The lowest BCUT2D eigenvalue weighted by Gasteiger charge is -2.29. The SMILES string of the molecule is CC1(C)c2ccccc2-c2c(N(c3ccc4ccccc4c3)c3ccc4c(c3)sc3c4ccc4ccc5ccccc5c43)cccc21. The van der Waals surface area contributed by atoms with Crippen molar-refractivity contribution in [3.05, 3.63) is 163 Å². The summed E-state index contributed by atoms with van der Waals surface area (Å²) < 4.78 is 2.66. The molecule has 0 radical (unpaired) electrons. The Labute approximate surface area is 278 Å². The summed E-state index contributed by atoms with van der Waals surface area (Å²) in [6, 6.07) is 56.3. The van der Waals surface area contributed by atoms with Crippen LogP contribution in [0.15, 0.2) is 152 Å². The Morgan fingerprint density at radius 3 is 2.06 bits per heavy atom. The van der Waals surface area contributed by atoms with E-state index >= 15 is 0 Å². The summed E-state index contributed by atoms with van der Waals surface area (Å²) in [6.45, 7) is 4.72. The molecule has 0 bridgehead atoms. The highest BCUT2D eigenvalue weighted by molar-refractivity contribution is 7.26. The second-order valence-corrected chi connectivity index (χ2v) is 14.4. The van der Waals surface area contributed by atoms with Crippen molar-refractivity contribution in [1.82, 2.24) is 0 Å². The van der Waals surface area contributed by atoms with Gasteiger partial charge >= 0.3 is 0 Å². The maximum atomic E-state index is 2.49. The highest BCUT2D eigenvalue weighted by atomic mass is 32.1. The molecular weight excluding hydrogens is 587 g/mol. The maximum absolute atomic E-state index is 2.49. The van der Waals surface area contributed by atoms with Gasteiger partial charge in [0.15, 0.2) is 0 Å². The summed E-state index contributed by atoms with van der Waals surface area (Å²) in [4.78, 5) is 2.49. The first-order valence-corrected chi connectivity index (χ1v) is 17.2. The van der Waals surface area contributed by atoms with Crippen molar-refractivity contribution in [1.29, 1.82) is 0 Å². The van der Waals surface area contributed by atoms with E-state index in [0.29, 0.717) is 0 Å². The summed E-state index contributed by atoms with van der Waals surface area (Å²) in [7, 11) is 0. The number of rotatable bonds is 3. The second kappa shape index (κ2) is 9.78. The van der Waals surface area contributed by atoms with Gasteiger partial charge in [-0.3, -0.25) is 0 Å². The van der Waals surface area contributed by atoms with Crippen molar-refractivity contribution in [2.75, 3.05) is 4.90 Å². The number of hydrogen-bond donors (Lipinski definition) is 0. The van der Waals surface area contributed by atoms with Crippen LogP contribution in [0.5, 0.6) is 0 Å². The van der Waals surface area contributed by atoms with Crippen LogP contribution in [0, 0.1) is 0 Å². The van der Waals surface area contributed by atoms with Gasteiger partial charge in [0.05, 0.1) is 5.69 Å². The molecule has 1 aromatic heterocycles. The Bertz CT molecular complexity index is 2730. The molecule has 1 aliphatic carbocycles. The molecule has 0 fully saturated rings. The number of nitrogens with zero attached hydrogens (tertiary/aromatic N) is 1. The third-order valence-electron chi connectivity index (χ3n) is 10.4. The predicted octanol–water partition coefficient (Wildman–Crippen LogP) is 13.3. The van der Waals surface area contributed by atoms with Crippen LogP contribution in [0.4, 0.5) is 17.1 Å². The summed E-state index contributed by atoms with van der Waals surface area (Å²) >= 11 is 1.92. The number of fused-ring (bicyclic) bond motifs is 11. The molecule has 0 saturated heterocycles. The smallest absolute Gasteiger partial charge is 0.0543 e. The lowest BCUT2D eigenvalue weighted by atomic mass is 9.82. The summed E-state index contributed by atoms with van der Waals surface area (Å²) in [5, 5.41) is 10.4. The number of thiophene rings is 1. The number of hydrogen-bond acceptors (Lipinski definition) is 2. The second-order valence-electron chi connectivity index (χ2n) is 13.3. The van der Waals surface area contributed by atoms with Crippen LogP contribution in [-0.4, -0.2) is 0 Å². The van der Waals surface area contributed by atoms with Crippen LogP contribution in [0.2, 0.25) is 0 Å². The van der Waals surface area contributed by atoms with Gasteiger partial charge in [-0.1, -0.05) is 135 Å².